The van der Waals surface area contributed by atoms with Crippen LogP contribution in [0.2, 0.25) is 0 Å². The highest BCUT2D eigenvalue weighted by molar-refractivity contribution is 7.15. The van der Waals surface area contributed by atoms with E-state index in [4.69, 9.17) is 0 Å². The first kappa shape index (κ1) is 14.4. The van der Waals surface area contributed by atoms with E-state index in [1.54, 1.807) is 6.92 Å². The number of methoxy groups -OCH3 is 1. The number of rotatable bonds is 4. The van der Waals surface area contributed by atoms with Crippen LogP contribution in [0.3, 0.4) is 0 Å². The third-order valence-corrected chi connectivity index (χ3v) is 3.54. The van der Waals surface area contributed by atoms with E-state index >= 15 is 0 Å². The van der Waals surface area contributed by atoms with Crippen LogP contribution < -0.4 is 5.32 Å². The van der Waals surface area contributed by atoms with Gasteiger partial charge in [-0.05, 0) is 25.1 Å². The third kappa shape index (κ3) is 3.11. The summed E-state index contributed by atoms with van der Waals surface area (Å²) in [6, 6.07) is 3.24. The van der Waals surface area contributed by atoms with Gasteiger partial charge in [0.1, 0.15) is 11.6 Å². The maximum absolute atomic E-state index is 13.4. The lowest BCUT2D eigenvalue weighted by Crippen LogP contribution is -2.05. The molecule has 0 unspecified atom stereocenters. The van der Waals surface area contributed by atoms with Crippen molar-refractivity contribution in [3.63, 3.8) is 0 Å². The Hall–Kier alpha value is -2.02. The van der Waals surface area contributed by atoms with Gasteiger partial charge in [-0.3, -0.25) is 0 Å². The van der Waals surface area contributed by atoms with Crippen LogP contribution >= 0.6 is 11.3 Å². The molecule has 20 heavy (non-hydrogen) atoms. The first-order valence-corrected chi connectivity index (χ1v) is 6.56. The Labute approximate surface area is 118 Å². The molecule has 0 saturated carbocycles. The maximum atomic E-state index is 13.4. The molecule has 0 aliphatic carbocycles. The molecule has 0 amide bonds. The molecule has 2 rings (SSSR count). The molecule has 1 aromatic carbocycles. The van der Waals surface area contributed by atoms with Gasteiger partial charge in [0.05, 0.1) is 7.11 Å². The van der Waals surface area contributed by atoms with Gasteiger partial charge in [0.2, 0.25) is 0 Å². The van der Waals surface area contributed by atoms with E-state index in [1.165, 1.54) is 18.4 Å². The first-order valence-electron chi connectivity index (χ1n) is 5.75. The van der Waals surface area contributed by atoms with Gasteiger partial charge in [0.15, 0.2) is 10.8 Å². The van der Waals surface area contributed by atoms with E-state index in [2.05, 4.69) is 15.0 Å². The van der Waals surface area contributed by atoms with Crippen molar-refractivity contribution < 1.29 is 18.3 Å². The van der Waals surface area contributed by atoms with Crippen LogP contribution in [0.4, 0.5) is 13.9 Å². The molecule has 4 nitrogen and oxygen atoms in total. The SMILES string of the molecule is COC(=O)c1nc(NCc2cc(F)ccc2F)sc1C. The van der Waals surface area contributed by atoms with Gasteiger partial charge in [-0.15, -0.1) is 11.3 Å². The van der Waals surface area contributed by atoms with Crippen molar-refractivity contribution in [2.45, 2.75) is 13.5 Å². The zero-order chi connectivity index (χ0) is 14.7. The molecule has 0 saturated heterocycles. The van der Waals surface area contributed by atoms with Crippen molar-refractivity contribution in [1.82, 2.24) is 4.98 Å². The molecule has 1 aromatic heterocycles. The van der Waals surface area contributed by atoms with Crippen LogP contribution in [0.15, 0.2) is 18.2 Å². The largest absolute Gasteiger partial charge is 0.464 e. The van der Waals surface area contributed by atoms with Gasteiger partial charge in [0, 0.05) is 17.0 Å². The van der Waals surface area contributed by atoms with Crippen molar-refractivity contribution in [3.8, 4) is 0 Å². The maximum Gasteiger partial charge on any atom is 0.357 e. The van der Waals surface area contributed by atoms with Gasteiger partial charge in [-0.2, -0.15) is 0 Å². The molecule has 0 spiro atoms. The summed E-state index contributed by atoms with van der Waals surface area (Å²) in [6.45, 7) is 1.81. The number of nitrogens with one attached hydrogen (secondary N) is 1. The van der Waals surface area contributed by atoms with Crippen molar-refractivity contribution in [2.75, 3.05) is 12.4 Å². The highest BCUT2D eigenvalue weighted by Crippen LogP contribution is 2.23. The quantitative estimate of drug-likeness (QED) is 0.881. The number of aryl methyl sites for hydroxylation is 1. The van der Waals surface area contributed by atoms with Gasteiger partial charge in [-0.1, -0.05) is 0 Å². The second-order valence-electron chi connectivity index (χ2n) is 4.00. The third-order valence-electron chi connectivity index (χ3n) is 2.61. The zero-order valence-electron chi connectivity index (χ0n) is 10.9. The lowest BCUT2D eigenvalue weighted by atomic mass is 10.2. The van der Waals surface area contributed by atoms with E-state index in [0.29, 0.717) is 10.0 Å². The molecular weight excluding hydrogens is 286 g/mol. The molecule has 0 aliphatic heterocycles. The van der Waals surface area contributed by atoms with Gasteiger partial charge < -0.3 is 10.1 Å². The Bertz CT molecular complexity index is 643. The average Bonchev–Trinajstić information content (AvgIpc) is 2.80. The van der Waals surface area contributed by atoms with Crippen LogP contribution in [-0.4, -0.2) is 18.1 Å². The Morgan fingerprint density at radius 1 is 1.45 bits per heavy atom. The Morgan fingerprint density at radius 3 is 2.90 bits per heavy atom. The van der Waals surface area contributed by atoms with E-state index in [-0.39, 0.29) is 17.8 Å². The van der Waals surface area contributed by atoms with E-state index in [1.807, 2.05) is 0 Å². The predicted octanol–water partition coefficient (Wildman–Crippen LogP) is 3.13. The number of esters is 1. The molecule has 0 bridgehead atoms. The fourth-order valence-corrected chi connectivity index (χ4v) is 2.40. The molecule has 7 heteroatoms. The normalized spacial score (nSPS) is 10.4. The van der Waals surface area contributed by atoms with Crippen molar-refractivity contribution in [2.24, 2.45) is 0 Å². The topological polar surface area (TPSA) is 51.2 Å². The number of carbonyl (C=O) groups excluding carboxylic acids is 1. The smallest absolute Gasteiger partial charge is 0.357 e. The molecule has 0 aliphatic rings. The number of hydrogen-bond acceptors (Lipinski definition) is 5. The first-order chi connectivity index (χ1) is 9.51. The summed E-state index contributed by atoms with van der Waals surface area (Å²) >= 11 is 1.25. The summed E-state index contributed by atoms with van der Waals surface area (Å²) in [5.41, 5.74) is 0.414. The number of thiazole rings is 1. The monoisotopic (exact) mass is 298 g/mol. The summed E-state index contributed by atoms with van der Waals surface area (Å²) in [6.07, 6.45) is 0. The van der Waals surface area contributed by atoms with Crippen LogP contribution in [-0.2, 0) is 11.3 Å². The second kappa shape index (κ2) is 5.96. The van der Waals surface area contributed by atoms with Crippen LogP contribution in [0.1, 0.15) is 20.9 Å². The minimum absolute atomic E-state index is 0.0805. The van der Waals surface area contributed by atoms with Crippen LogP contribution in [0.5, 0.6) is 0 Å². The van der Waals surface area contributed by atoms with E-state index < -0.39 is 17.6 Å². The van der Waals surface area contributed by atoms with Gasteiger partial charge >= 0.3 is 5.97 Å². The lowest BCUT2D eigenvalue weighted by molar-refractivity contribution is 0.0594. The number of hydrogen-bond donors (Lipinski definition) is 1. The number of nitrogens with zero attached hydrogens (tertiary/aromatic N) is 1. The van der Waals surface area contributed by atoms with Crippen LogP contribution in [0.25, 0.3) is 0 Å². The number of benzene rings is 1. The number of halogens is 2. The standard InChI is InChI=1S/C13H12F2N2O2S/c1-7-11(12(18)19-2)17-13(20-7)16-6-8-5-9(14)3-4-10(8)15/h3-5H,6H2,1-2H3,(H,16,17). The van der Waals surface area contributed by atoms with Gasteiger partial charge in [0.25, 0.3) is 0 Å². The van der Waals surface area contributed by atoms with E-state index in [9.17, 15) is 13.6 Å². The molecule has 0 radical (unpaired) electrons. The molecule has 0 fully saturated rings. The summed E-state index contributed by atoms with van der Waals surface area (Å²) in [5, 5.41) is 3.31. The van der Waals surface area contributed by atoms with Crippen molar-refractivity contribution in [3.05, 3.63) is 46.0 Å². The molecule has 0 atom stereocenters. The highest BCUT2D eigenvalue weighted by atomic mass is 32.1. The number of carbonyl (C=O) groups is 1. The summed E-state index contributed by atoms with van der Waals surface area (Å²) in [7, 11) is 1.27. The molecular formula is C13H12F2N2O2S. The van der Waals surface area contributed by atoms with Crippen LogP contribution in [0, 0.1) is 18.6 Å². The second-order valence-corrected chi connectivity index (χ2v) is 5.21. The predicted molar refractivity (Wildman–Crippen MR) is 71.9 cm³/mol. The average molecular weight is 298 g/mol. The summed E-state index contributed by atoms with van der Waals surface area (Å²) < 4.78 is 31.1. The van der Waals surface area contributed by atoms with E-state index in [0.717, 1.165) is 18.2 Å². The fourth-order valence-electron chi connectivity index (χ4n) is 1.61. The minimum Gasteiger partial charge on any atom is -0.464 e. The molecule has 1 N–H and O–H groups in total. The Balaban J connectivity index is 2.11. The Kier molecular flexibility index (Phi) is 4.29. The molecule has 1 heterocycles. The van der Waals surface area contributed by atoms with Crippen molar-refractivity contribution >= 4 is 22.4 Å². The summed E-state index contributed by atoms with van der Waals surface area (Å²) in [5.74, 6) is -1.53. The minimum atomic E-state index is -0.524. The number of aromatic nitrogens is 1. The highest BCUT2D eigenvalue weighted by Gasteiger charge is 2.15. The summed E-state index contributed by atoms with van der Waals surface area (Å²) in [4.78, 5) is 16.2. The van der Waals surface area contributed by atoms with Gasteiger partial charge in [-0.25, -0.2) is 18.6 Å². The molecule has 106 valence electrons. The fraction of sp³-hybridized carbons (Fsp3) is 0.231. The number of anilines is 1. The molecule has 2 aromatic rings. The number of ether oxygens (including phenoxy) is 1. The zero-order valence-corrected chi connectivity index (χ0v) is 11.7. The van der Waals surface area contributed by atoms with Crippen molar-refractivity contribution in [1.29, 1.82) is 0 Å². The Morgan fingerprint density at radius 2 is 2.20 bits per heavy atom. The lowest BCUT2D eigenvalue weighted by Gasteiger charge is -2.04.